The molecule has 0 unspecified atom stereocenters. The second-order valence-corrected chi connectivity index (χ2v) is 9.16. The third-order valence-corrected chi connectivity index (χ3v) is 6.71. The first-order valence-electron chi connectivity index (χ1n) is 9.34. The largest absolute Gasteiger partial charge is 0.490 e. The van der Waals surface area contributed by atoms with Gasteiger partial charge in [0.25, 0.3) is 0 Å². The molecule has 1 amide bonds. The SMILES string of the molecule is CC1(C(N)=O)CCN(S(=O)(=O)c2ccc(OC/C(=C/F)CN)nc2)CC1.O=C(O)C(F)(F)F. The molecule has 1 aromatic rings. The number of ether oxygens (including phenoxy) is 1. The van der Waals surface area contributed by atoms with Gasteiger partial charge in [-0.25, -0.2) is 22.6 Å². The van der Waals surface area contributed by atoms with Gasteiger partial charge in [0.15, 0.2) is 0 Å². The highest BCUT2D eigenvalue weighted by Crippen LogP contribution is 2.32. The van der Waals surface area contributed by atoms with E-state index in [1.807, 2.05) is 0 Å². The zero-order valence-electron chi connectivity index (χ0n) is 17.5. The molecule has 0 spiro atoms. The van der Waals surface area contributed by atoms with Crippen LogP contribution < -0.4 is 16.2 Å². The van der Waals surface area contributed by atoms with E-state index in [-0.39, 0.29) is 42.6 Å². The average molecular weight is 500 g/mol. The van der Waals surface area contributed by atoms with Crippen molar-refractivity contribution in [3.05, 3.63) is 30.2 Å². The summed E-state index contributed by atoms with van der Waals surface area (Å²) in [7, 11) is -3.72. The van der Waals surface area contributed by atoms with Gasteiger partial charge in [-0.05, 0) is 18.9 Å². The summed E-state index contributed by atoms with van der Waals surface area (Å²) in [6.07, 6.45) is -2.79. The number of hydrogen-bond donors (Lipinski definition) is 3. The van der Waals surface area contributed by atoms with Crippen LogP contribution in [0.3, 0.4) is 0 Å². The number of pyridine rings is 1. The van der Waals surface area contributed by atoms with E-state index >= 15 is 0 Å². The number of halogens is 4. The predicted octanol–water partition coefficient (Wildman–Crippen LogP) is 1.18. The third-order valence-electron chi connectivity index (χ3n) is 4.83. The number of amides is 1. The van der Waals surface area contributed by atoms with Crippen LogP contribution in [0.2, 0.25) is 0 Å². The molecule has 1 aromatic heterocycles. The molecule has 1 aliphatic rings. The van der Waals surface area contributed by atoms with Crippen molar-refractivity contribution in [3.8, 4) is 5.88 Å². The van der Waals surface area contributed by atoms with Gasteiger partial charge >= 0.3 is 12.1 Å². The second-order valence-electron chi connectivity index (χ2n) is 7.22. The lowest BCUT2D eigenvalue weighted by Gasteiger charge is -2.36. The zero-order valence-corrected chi connectivity index (χ0v) is 18.3. The first-order valence-corrected chi connectivity index (χ1v) is 10.8. The van der Waals surface area contributed by atoms with Crippen molar-refractivity contribution in [1.82, 2.24) is 9.29 Å². The number of rotatable bonds is 7. The highest BCUT2D eigenvalue weighted by molar-refractivity contribution is 7.89. The van der Waals surface area contributed by atoms with Crippen molar-refractivity contribution in [1.29, 1.82) is 0 Å². The number of alkyl halides is 3. The number of carbonyl (C=O) groups is 2. The number of hydrogen-bond acceptors (Lipinski definition) is 7. The molecule has 0 bridgehead atoms. The first-order chi connectivity index (χ1) is 15.2. The van der Waals surface area contributed by atoms with E-state index in [1.165, 1.54) is 22.6 Å². The Morgan fingerprint density at radius 2 is 1.85 bits per heavy atom. The van der Waals surface area contributed by atoms with Crippen LogP contribution >= 0.6 is 0 Å². The number of aromatic nitrogens is 1. The molecule has 0 saturated carbocycles. The normalized spacial score (nSPS) is 17.0. The molecule has 0 aromatic carbocycles. The lowest BCUT2D eigenvalue weighted by Crippen LogP contribution is -2.47. The Bertz CT molecular complexity index is 959. The minimum atomic E-state index is -5.08. The Labute approximate surface area is 187 Å². The third kappa shape index (κ3) is 7.94. The Hall–Kier alpha value is -2.78. The molecule has 0 atom stereocenters. The maximum atomic E-state index is 12.7. The second kappa shape index (κ2) is 11.4. The van der Waals surface area contributed by atoms with E-state index in [0.717, 1.165) is 0 Å². The van der Waals surface area contributed by atoms with E-state index < -0.39 is 33.5 Å². The first kappa shape index (κ1) is 28.3. The van der Waals surface area contributed by atoms with Crippen molar-refractivity contribution in [3.63, 3.8) is 0 Å². The van der Waals surface area contributed by atoms with Gasteiger partial charge in [-0.15, -0.1) is 0 Å². The fourth-order valence-electron chi connectivity index (χ4n) is 2.52. The molecule has 1 fully saturated rings. The molecular formula is C18H24F4N4O6S. The summed E-state index contributed by atoms with van der Waals surface area (Å²) in [6.45, 7) is 2.11. The molecule has 2 rings (SSSR count). The Morgan fingerprint density at radius 1 is 1.30 bits per heavy atom. The molecular weight excluding hydrogens is 476 g/mol. The van der Waals surface area contributed by atoms with Crippen LogP contribution in [-0.2, 0) is 19.6 Å². The summed E-state index contributed by atoms with van der Waals surface area (Å²) in [5, 5.41) is 7.12. The van der Waals surface area contributed by atoms with Crippen LogP contribution in [-0.4, -0.2) is 67.1 Å². The van der Waals surface area contributed by atoms with Crippen LogP contribution in [0.4, 0.5) is 17.6 Å². The van der Waals surface area contributed by atoms with Gasteiger partial charge in [0.05, 0.1) is 12.5 Å². The molecule has 2 heterocycles. The summed E-state index contributed by atoms with van der Waals surface area (Å²) in [4.78, 5) is 24.3. The molecule has 15 heteroatoms. The maximum Gasteiger partial charge on any atom is 0.490 e. The van der Waals surface area contributed by atoms with Crippen molar-refractivity contribution >= 4 is 21.9 Å². The van der Waals surface area contributed by atoms with Crippen LogP contribution in [0.15, 0.2) is 35.1 Å². The van der Waals surface area contributed by atoms with E-state index in [4.69, 9.17) is 26.1 Å². The van der Waals surface area contributed by atoms with Crippen molar-refractivity contribution in [2.24, 2.45) is 16.9 Å². The van der Waals surface area contributed by atoms with Gasteiger partial charge < -0.3 is 21.3 Å². The monoisotopic (exact) mass is 500 g/mol. The number of sulfonamides is 1. The Morgan fingerprint density at radius 3 is 2.21 bits per heavy atom. The number of carbonyl (C=O) groups excluding carboxylic acids is 1. The fraction of sp³-hybridized carbons (Fsp3) is 0.500. The van der Waals surface area contributed by atoms with Crippen LogP contribution in [0.25, 0.3) is 0 Å². The minimum absolute atomic E-state index is 0.0160. The number of primary amides is 1. The smallest absolute Gasteiger partial charge is 0.475 e. The number of carboxylic acid groups (broad SMARTS) is 1. The Kier molecular flexibility index (Phi) is 9.74. The molecule has 10 nitrogen and oxygen atoms in total. The van der Waals surface area contributed by atoms with Crippen molar-refractivity contribution in [2.45, 2.75) is 30.8 Å². The quantitative estimate of drug-likeness (QED) is 0.470. The summed E-state index contributed by atoms with van der Waals surface area (Å²) >= 11 is 0. The Balaban J connectivity index is 0.000000675. The van der Waals surface area contributed by atoms with Gasteiger partial charge in [-0.3, -0.25) is 4.79 Å². The molecule has 1 aliphatic heterocycles. The summed E-state index contributed by atoms with van der Waals surface area (Å²) < 4.78 is 76.1. The van der Waals surface area contributed by atoms with Crippen molar-refractivity contribution in [2.75, 3.05) is 26.2 Å². The lowest BCUT2D eigenvalue weighted by molar-refractivity contribution is -0.192. The van der Waals surface area contributed by atoms with E-state index in [9.17, 15) is 30.8 Å². The van der Waals surface area contributed by atoms with Crippen LogP contribution in [0, 0.1) is 5.41 Å². The molecule has 5 N–H and O–H groups in total. The van der Waals surface area contributed by atoms with E-state index in [2.05, 4.69) is 4.98 Å². The van der Waals surface area contributed by atoms with Crippen molar-refractivity contribution < 1.29 is 45.4 Å². The molecule has 186 valence electrons. The van der Waals surface area contributed by atoms with E-state index in [0.29, 0.717) is 19.2 Å². The molecule has 33 heavy (non-hydrogen) atoms. The van der Waals surface area contributed by atoms with Gasteiger partial charge in [-0.1, -0.05) is 6.92 Å². The number of nitrogens with zero attached hydrogens (tertiary/aromatic N) is 2. The van der Waals surface area contributed by atoms with Gasteiger partial charge in [-0.2, -0.15) is 17.5 Å². The molecule has 1 saturated heterocycles. The fourth-order valence-corrected chi connectivity index (χ4v) is 3.91. The number of aliphatic carboxylic acids is 1. The standard InChI is InChI=1S/C16H23FN4O4S.C2HF3O2/c1-16(15(19)22)4-6-21(7-5-16)26(23,24)13-2-3-14(20-10-13)25-11-12(8-17)9-18;3-2(4,5)1(6)7/h2-3,8,10H,4-7,9,11,18H2,1H3,(H2,19,22);(H,6,7)/b12-8+;. The lowest BCUT2D eigenvalue weighted by atomic mass is 9.80. The van der Waals surface area contributed by atoms with Gasteiger partial charge in [0, 0.05) is 36.7 Å². The van der Waals surface area contributed by atoms with Gasteiger partial charge in [0.2, 0.25) is 21.8 Å². The van der Waals surface area contributed by atoms with Crippen LogP contribution in [0.1, 0.15) is 19.8 Å². The number of carboxylic acids is 1. The average Bonchev–Trinajstić information content (AvgIpc) is 2.75. The summed E-state index contributed by atoms with van der Waals surface area (Å²) in [5.74, 6) is -3.01. The number of piperidine rings is 1. The van der Waals surface area contributed by atoms with E-state index in [1.54, 1.807) is 6.92 Å². The summed E-state index contributed by atoms with van der Waals surface area (Å²) in [5.41, 5.74) is 10.3. The molecule has 0 aliphatic carbocycles. The zero-order chi connectivity index (χ0) is 25.4. The van der Waals surface area contributed by atoms with Gasteiger partial charge in [0.1, 0.15) is 11.5 Å². The highest BCUT2D eigenvalue weighted by atomic mass is 32.2. The minimum Gasteiger partial charge on any atom is -0.475 e. The number of nitrogens with two attached hydrogens (primary N) is 2. The maximum absolute atomic E-state index is 12.7. The predicted molar refractivity (Wildman–Crippen MR) is 107 cm³/mol. The molecule has 0 radical (unpaired) electrons. The highest BCUT2D eigenvalue weighted by Gasteiger charge is 2.39. The summed E-state index contributed by atoms with van der Waals surface area (Å²) in [6, 6.07) is 2.78. The topological polar surface area (TPSA) is 166 Å². The van der Waals surface area contributed by atoms with Crippen LogP contribution in [0.5, 0.6) is 5.88 Å².